The number of carbonyl (C=O) groups excluding carboxylic acids is 4. The second kappa shape index (κ2) is 12.1. The molecular formula is C28H28N4O5S. The number of carbonyl (C=O) groups is 4. The molecule has 3 aromatic rings. The summed E-state index contributed by atoms with van der Waals surface area (Å²) in [4.78, 5) is 49.0. The molecule has 3 amide bonds. The van der Waals surface area contributed by atoms with Gasteiger partial charge in [0.15, 0.2) is 5.11 Å². The summed E-state index contributed by atoms with van der Waals surface area (Å²) in [6, 6.07) is 19.6. The molecule has 0 aliphatic heterocycles. The van der Waals surface area contributed by atoms with E-state index in [0.717, 1.165) is 5.56 Å². The zero-order valence-corrected chi connectivity index (χ0v) is 22.2. The number of methoxy groups -OCH3 is 1. The minimum absolute atomic E-state index is 0.00666. The SMILES string of the molecule is COC(=O)c1cccc(C(=O)NC(=S)NNC(=O)c2ccc(NC(=O)c3ccc(C(C)(C)C)cc3)cc2)c1. The van der Waals surface area contributed by atoms with Crippen molar-refractivity contribution in [1.82, 2.24) is 16.2 Å². The second-order valence-corrected chi connectivity index (χ2v) is 9.70. The third-order valence-electron chi connectivity index (χ3n) is 5.48. The number of thiocarbonyl (C=S) groups is 1. The van der Waals surface area contributed by atoms with Gasteiger partial charge in [-0.25, -0.2) is 4.79 Å². The molecule has 0 spiro atoms. The molecule has 0 fully saturated rings. The molecule has 38 heavy (non-hydrogen) atoms. The van der Waals surface area contributed by atoms with E-state index in [1.165, 1.54) is 43.5 Å². The van der Waals surface area contributed by atoms with Crippen LogP contribution in [0, 0.1) is 0 Å². The largest absolute Gasteiger partial charge is 0.465 e. The fraction of sp³-hybridized carbons (Fsp3) is 0.179. The fourth-order valence-corrected chi connectivity index (χ4v) is 3.47. The Hall–Kier alpha value is -4.57. The summed E-state index contributed by atoms with van der Waals surface area (Å²) in [5.41, 5.74) is 7.71. The van der Waals surface area contributed by atoms with E-state index in [1.54, 1.807) is 24.3 Å². The highest BCUT2D eigenvalue weighted by Crippen LogP contribution is 2.22. The van der Waals surface area contributed by atoms with Crippen LogP contribution in [0.3, 0.4) is 0 Å². The highest BCUT2D eigenvalue weighted by atomic mass is 32.1. The van der Waals surface area contributed by atoms with Crippen LogP contribution in [-0.2, 0) is 10.2 Å². The monoisotopic (exact) mass is 532 g/mol. The Bertz CT molecular complexity index is 1360. The highest BCUT2D eigenvalue weighted by Gasteiger charge is 2.15. The smallest absolute Gasteiger partial charge is 0.337 e. The van der Waals surface area contributed by atoms with Crippen LogP contribution in [0.4, 0.5) is 5.69 Å². The van der Waals surface area contributed by atoms with Crippen molar-refractivity contribution in [3.63, 3.8) is 0 Å². The minimum atomic E-state index is -0.576. The van der Waals surface area contributed by atoms with Gasteiger partial charge in [0, 0.05) is 22.4 Å². The topological polar surface area (TPSA) is 126 Å². The van der Waals surface area contributed by atoms with Crippen LogP contribution < -0.4 is 21.5 Å². The molecule has 0 unspecified atom stereocenters. The molecule has 4 N–H and O–H groups in total. The molecule has 196 valence electrons. The Kier molecular flexibility index (Phi) is 8.93. The number of rotatable bonds is 5. The lowest BCUT2D eigenvalue weighted by atomic mass is 9.87. The van der Waals surface area contributed by atoms with Crippen LogP contribution in [0.1, 0.15) is 67.8 Å². The van der Waals surface area contributed by atoms with E-state index in [9.17, 15) is 19.2 Å². The predicted molar refractivity (Wildman–Crippen MR) is 148 cm³/mol. The van der Waals surface area contributed by atoms with Gasteiger partial charge in [0.2, 0.25) is 0 Å². The van der Waals surface area contributed by atoms with Crippen molar-refractivity contribution in [1.29, 1.82) is 0 Å². The van der Waals surface area contributed by atoms with Crippen LogP contribution in [0.25, 0.3) is 0 Å². The molecule has 0 radical (unpaired) electrons. The highest BCUT2D eigenvalue weighted by molar-refractivity contribution is 7.80. The first kappa shape index (κ1) is 28.0. The summed E-state index contributed by atoms with van der Waals surface area (Å²) in [5, 5.41) is 5.07. The number of amides is 3. The molecule has 10 heteroatoms. The normalized spacial score (nSPS) is 10.6. The lowest BCUT2D eigenvalue weighted by Crippen LogP contribution is -2.48. The molecule has 3 rings (SSSR count). The average molecular weight is 533 g/mol. The molecule has 0 heterocycles. The maximum atomic E-state index is 12.6. The van der Waals surface area contributed by atoms with Crippen LogP contribution in [0.5, 0.6) is 0 Å². The molecule has 0 bridgehead atoms. The van der Waals surface area contributed by atoms with Crippen LogP contribution >= 0.6 is 12.2 Å². The van der Waals surface area contributed by atoms with Gasteiger partial charge < -0.3 is 10.1 Å². The zero-order chi connectivity index (χ0) is 27.9. The molecule has 0 atom stereocenters. The third kappa shape index (κ3) is 7.47. The summed E-state index contributed by atoms with van der Waals surface area (Å²) in [7, 11) is 1.24. The maximum Gasteiger partial charge on any atom is 0.337 e. The van der Waals surface area contributed by atoms with Crippen molar-refractivity contribution in [3.8, 4) is 0 Å². The molecule has 0 aromatic heterocycles. The molecule has 0 saturated heterocycles. The van der Waals surface area contributed by atoms with Gasteiger partial charge in [-0.15, -0.1) is 0 Å². The van der Waals surface area contributed by atoms with E-state index in [-0.39, 0.29) is 27.6 Å². The summed E-state index contributed by atoms with van der Waals surface area (Å²) >= 11 is 5.05. The van der Waals surface area contributed by atoms with Gasteiger partial charge in [-0.3, -0.25) is 30.6 Å². The van der Waals surface area contributed by atoms with Gasteiger partial charge in [0.05, 0.1) is 12.7 Å². The number of esters is 1. The second-order valence-electron chi connectivity index (χ2n) is 9.29. The van der Waals surface area contributed by atoms with Crippen molar-refractivity contribution in [2.24, 2.45) is 0 Å². The Labute approximate surface area is 225 Å². The van der Waals surface area contributed by atoms with E-state index < -0.39 is 17.8 Å². The molecule has 9 nitrogen and oxygen atoms in total. The van der Waals surface area contributed by atoms with E-state index >= 15 is 0 Å². The first-order valence-electron chi connectivity index (χ1n) is 11.6. The fourth-order valence-electron chi connectivity index (χ4n) is 3.33. The quantitative estimate of drug-likeness (QED) is 0.223. The number of nitrogens with one attached hydrogen (secondary N) is 4. The number of benzene rings is 3. The number of anilines is 1. The minimum Gasteiger partial charge on any atom is -0.465 e. The molecule has 0 aliphatic rings. The van der Waals surface area contributed by atoms with Gasteiger partial charge in [-0.2, -0.15) is 0 Å². The number of hydrogen-bond acceptors (Lipinski definition) is 6. The Morgan fingerprint density at radius 1 is 0.711 bits per heavy atom. The van der Waals surface area contributed by atoms with Crippen molar-refractivity contribution in [2.45, 2.75) is 26.2 Å². The van der Waals surface area contributed by atoms with Crippen LogP contribution in [-0.4, -0.2) is 35.9 Å². The van der Waals surface area contributed by atoms with Gasteiger partial charge in [-0.1, -0.05) is 39.0 Å². The van der Waals surface area contributed by atoms with Crippen LogP contribution in [0.15, 0.2) is 72.8 Å². The summed E-state index contributed by atoms with van der Waals surface area (Å²) in [5.74, 6) is -1.92. The van der Waals surface area contributed by atoms with Crippen molar-refractivity contribution in [3.05, 3.63) is 101 Å². The number of hydrazine groups is 1. The third-order valence-corrected chi connectivity index (χ3v) is 5.68. The van der Waals surface area contributed by atoms with Crippen LogP contribution in [0.2, 0.25) is 0 Å². The first-order valence-corrected chi connectivity index (χ1v) is 12.0. The number of hydrogen-bond donors (Lipinski definition) is 4. The zero-order valence-electron chi connectivity index (χ0n) is 21.4. The lowest BCUT2D eigenvalue weighted by molar-refractivity contribution is 0.0600. The summed E-state index contributed by atoms with van der Waals surface area (Å²) in [6.45, 7) is 6.31. The standard InChI is InChI=1S/C28H28N4O5S/c1-28(2,3)21-12-8-17(9-13-21)23(33)29-22-14-10-18(11-15-22)25(35)31-32-27(38)30-24(34)19-6-5-7-20(16-19)26(36)37-4/h5-16H,1-4H3,(H,29,33)(H,31,35)(H2,30,32,34,38). The van der Waals surface area contributed by atoms with Gasteiger partial charge >= 0.3 is 5.97 Å². The summed E-state index contributed by atoms with van der Waals surface area (Å²) < 4.78 is 4.64. The number of ether oxygens (including phenoxy) is 1. The first-order chi connectivity index (χ1) is 18.0. The van der Waals surface area contributed by atoms with E-state index in [2.05, 4.69) is 47.0 Å². The van der Waals surface area contributed by atoms with Gasteiger partial charge in [0.1, 0.15) is 0 Å². The van der Waals surface area contributed by atoms with Gasteiger partial charge in [-0.05, 0) is 77.8 Å². The summed E-state index contributed by atoms with van der Waals surface area (Å²) in [6.07, 6.45) is 0. The molecular weight excluding hydrogens is 504 g/mol. The Morgan fingerprint density at radius 2 is 1.29 bits per heavy atom. The Balaban J connectivity index is 1.51. The average Bonchev–Trinajstić information content (AvgIpc) is 2.91. The molecule has 3 aromatic carbocycles. The van der Waals surface area contributed by atoms with Gasteiger partial charge in [0.25, 0.3) is 17.7 Å². The lowest BCUT2D eigenvalue weighted by Gasteiger charge is -2.19. The van der Waals surface area contributed by atoms with Crippen molar-refractivity contribution >= 4 is 46.7 Å². The van der Waals surface area contributed by atoms with E-state index in [4.69, 9.17) is 12.2 Å². The van der Waals surface area contributed by atoms with Crippen molar-refractivity contribution < 1.29 is 23.9 Å². The van der Waals surface area contributed by atoms with E-state index in [0.29, 0.717) is 16.8 Å². The predicted octanol–water partition coefficient (Wildman–Crippen LogP) is 3.97. The maximum absolute atomic E-state index is 12.6. The van der Waals surface area contributed by atoms with E-state index in [1.807, 2.05) is 12.1 Å². The molecule has 0 saturated carbocycles. The molecule has 0 aliphatic carbocycles. The Morgan fingerprint density at radius 3 is 1.89 bits per heavy atom. The van der Waals surface area contributed by atoms with Crippen molar-refractivity contribution in [2.75, 3.05) is 12.4 Å².